The van der Waals surface area contributed by atoms with E-state index in [-0.39, 0.29) is 12.1 Å². The monoisotopic (exact) mass is 500 g/mol. The molecule has 37 heavy (non-hydrogen) atoms. The van der Waals surface area contributed by atoms with Crippen molar-refractivity contribution in [2.45, 2.75) is 27.3 Å². The fraction of sp³-hybridized carbons (Fsp3) is 0.250. The van der Waals surface area contributed by atoms with Gasteiger partial charge in [-0.3, -0.25) is 4.79 Å². The summed E-state index contributed by atoms with van der Waals surface area (Å²) in [5, 5.41) is 4.61. The zero-order valence-electron chi connectivity index (χ0n) is 21.7. The summed E-state index contributed by atoms with van der Waals surface area (Å²) >= 11 is 0. The molecule has 5 aromatic rings. The number of rotatable bonds is 7. The van der Waals surface area contributed by atoms with E-state index in [1.807, 2.05) is 19.1 Å². The first kappa shape index (κ1) is 24.2. The summed E-state index contributed by atoms with van der Waals surface area (Å²) in [6, 6.07) is 11.5. The Hall–Kier alpha value is -4.53. The molecule has 0 saturated heterocycles. The highest BCUT2D eigenvalue weighted by atomic mass is 16.5. The van der Waals surface area contributed by atoms with Crippen LogP contribution < -0.4 is 19.8 Å². The van der Waals surface area contributed by atoms with E-state index in [0.717, 1.165) is 11.3 Å². The van der Waals surface area contributed by atoms with Gasteiger partial charge in [0.1, 0.15) is 17.0 Å². The first-order chi connectivity index (χ1) is 17.8. The van der Waals surface area contributed by atoms with Gasteiger partial charge in [0.2, 0.25) is 11.6 Å². The van der Waals surface area contributed by atoms with Gasteiger partial charge >= 0.3 is 0 Å². The standard InChI is InChI=1S/C28H28N4O5/c1-16-7-8-19(11-17(16)2)21-14-23-28(33)31(9-10-32(23)30-21)15-22-18(3)37-27(29-22)20-12-24(34-4)26(36-6)25(13-20)35-5/h7-14H,15H2,1-6H3. The van der Waals surface area contributed by atoms with E-state index < -0.39 is 0 Å². The Morgan fingerprint density at radius 2 is 1.59 bits per heavy atom. The molecule has 0 bridgehead atoms. The van der Waals surface area contributed by atoms with Crippen molar-refractivity contribution >= 4 is 5.52 Å². The van der Waals surface area contributed by atoms with Crippen LogP contribution in [0.25, 0.3) is 28.2 Å². The van der Waals surface area contributed by atoms with Crippen LogP contribution in [-0.2, 0) is 6.54 Å². The second-order valence-corrected chi connectivity index (χ2v) is 8.83. The third-order valence-electron chi connectivity index (χ3n) is 6.53. The van der Waals surface area contributed by atoms with Crippen molar-refractivity contribution in [1.29, 1.82) is 0 Å². The Balaban J connectivity index is 1.49. The zero-order valence-corrected chi connectivity index (χ0v) is 21.7. The number of benzene rings is 2. The van der Waals surface area contributed by atoms with Gasteiger partial charge in [-0.15, -0.1) is 0 Å². The molecule has 190 valence electrons. The van der Waals surface area contributed by atoms with Gasteiger partial charge in [-0.1, -0.05) is 12.1 Å². The van der Waals surface area contributed by atoms with Gasteiger partial charge in [0.25, 0.3) is 5.56 Å². The minimum atomic E-state index is -0.165. The third-order valence-corrected chi connectivity index (χ3v) is 6.53. The second-order valence-electron chi connectivity index (χ2n) is 8.83. The molecule has 0 atom stereocenters. The molecule has 0 aliphatic rings. The minimum absolute atomic E-state index is 0.165. The van der Waals surface area contributed by atoms with Crippen molar-refractivity contribution in [3.63, 3.8) is 0 Å². The molecule has 0 saturated carbocycles. The molecule has 0 amide bonds. The number of oxazole rings is 1. The van der Waals surface area contributed by atoms with Gasteiger partial charge in [-0.05, 0) is 56.2 Å². The van der Waals surface area contributed by atoms with Crippen molar-refractivity contribution in [1.82, 2.24) is 19.2 Å². The summed E-state index contributed by atoms with van der Waals surface area (Å²) in [5.74, 6) is 2.48. The maximum atomic E-state index is 13.3. The van der Waals surface area contributed by atoms with Crippen molar-refractivity contribution in [3.8, 4) is 40.0 Å². The fourth-order valence-electron chi connectivity index (χ4n) is 4.26. The van der Waals surface area contributed by atoms with Crippen LogP contribution in [0, 0.1) is 20.8 Å². The molecule has 9 nitrogen and oxygen atoms in total. The number of hydrogen-bond acceptors (Lipinski definition) is 7. The molecule has 0 fully saturated rings. The normalized spacial score (nSPS) is 11.2. The highest BCUT2D eigenvalue weighted by molar-refractivity contribution is 5.67. The minimum Gasteiger partial charge on any atom is -0.493 e. The smallest absolute Gasteiger partial charge is 0.276 e. The number of hydrogen-bond donors (Lipinski definition) is 0. The highest BCUT2D eigenvalue weighted by Gasteiger charge is 2.19. The van der Waals surface area contributed by atoms with Crippen LogP contribution >= 0.6 is 0 Å². The van der Waals surface area contributed by atoms with Crippen molar-refractivity contribution in [3.05, 3.63) is 81.7 Å². The third kappa shape index (κ3) is 4.33. The van der Waals surface area contributed by atoms with Crippen molar-refractivity contribution in [2.75, 3.05) is 21.3 Å². The van der Waals surface area contributed by atoms with Crippen LogP contribution in [-0.4, -0.2) is 40.5 Å². The topological polar surface area (TPSA) is 93.0 Å². The number of nitrogens with zero attached hydrogens (tertiary/aromatic N) is 4. The van der Waals surface area contributed by atoms with E-state index in [0.29, 0.717) is 45.7 Å². The van der Waals surface area contributed by atoms with Gasteiger partial charge in [0.15, 0.2) is 11.5 Å². The van der Waals surface area contributed by atoms with Gasteiger partial charge in [-0.2, -0.15) is 5.10 Å². The Morgan fingerprint density at radius 1 is 0.865 bits per heavy atom. The maximum absolute atomic E-state index is 13.3. The number of ether oxygens (including phenoxy) is 3. The molecular formula is C28H28N4O5. The number of aryl methyl sites for hydroxylation is 3. The Labute approximate surface area is 213 Å². The van der Waals surface area contributed by atoms with Crippen molar-refractivity contribution in [2.24, 2.45) is 0 Å². The van der Waals surface area contributed by atoms with Crippen LogP contribution in [0.4, 0.5) is 0 Å². The number of aromatic nitrogens is 4. The quantitative estimate of drug-likeness (QED) is 0.316. The number of methoxy groups -OCH3 is 3. The molecule has 2 aromatic carbocycles. The van der Waals surface area contributed by atoms with Gasteiger partial charge < -0.3 is 23.2 Å². The van der Waals surface area contributed by atoms with E-state index >= 15 is 0 Å². The first-order valence-corrected chi connectivity index (χ1v) is 11.8. The maximum Gasteiger partial charge on any atom is 0.276 e. The largest absolute Gasteiger partial charge is 0.493 e. The summed E-state index contributed by atoms with van der Waals surface area (Å²) in [5.41, 5.74) is 5.74. The summed E-state index contributed by atoms with van der Waals surface area (Å²) < 4.78 is 25.5. The lowest BCUT2D eigenvalue weighted by Gasteiger charge is -2.12. The van der Waals surface area contributed by atoms with Crippen LogP contribution in [0.5, 0.6) is 17.2 Å². The molecule has 0 spiro atoms. The summed E-state index contributed by atoms with van der Waals surface area (Å²) in [6.07, 6.45) is 3.48. The predicted molar refractivity (Wildman–Crippen MR) is 140 cm³/mol. The molecule has 3 aromatic heterocycles. The molecule has 0 unspecified atom stereocenters. The molecule has 0 aliphatic carbocycles. The molecule has 0 aliphatic heterocycles. The lowest BCUT2D eigenvalue weighted by Crippen LogP contribution is -2.22. The molecular weight excluding hydrogens is 472 g/mol. The highest BCUT2D eigenvalue weighted by Crippen LogP contribution is 2.41. The van der Waals surface area contributed by atoms with Gasteiger partial charge in [0.05, 0.1) is 33.6 Å². The Kier molecular flexibility index (Phi) is 6.20. The van der Waals surface area contributed by atoms with Crippen LogP contribution in [0.15, 0.2) is 58.0 Å². The average molecular weight is 501 g/mol. The van der Waals surface area contributed by atoms with E-state index in [1.54, 1.807) is 54.9 Å². The molecule has 3 heterocycles. The van der Waals surface area contributed by atoms with Crippen LogP contribution in [0.2, 0.25) is 0 Å². The summed E-state index contributed by atoms with van der Waals surface area (Å²) in [6.45, 7) is 6.21. The second kappa shape index (κ2) is 9.50. The SMILES string of the molecule is COc1cc(-c2nc(Cn3ccn4nc(-c5ccc(C)c(C)c5)cc4c3=O)c(C)o2)cc(OC)c1OC. The molecule has 0 radical (unpaired) electrons. The average Bonchev–Trinajstić information content (AvgIpc) is 3.50. The van der Waals surface area contributed by atoms with Crippen LogP contribution in [0.3, 0.4) is 0 Å². The van der Waals surface area contributed by atoms with Gasteiger partial charge in [-0.25, -0.2) is 9.50 Å². The Morgan fingerprint density at radius 3 is 2.24 bits per heavy atom. The summed E-state index contributed by atoms with van der Waals surface area (Å²) in [7, 11) is 4.66. The lowest BCUT2D eigenvalue weighted by molar-refractivity contribution is 0.324. The van der Waals surface area contributed by atoms with E-state index in [4.69, 9.17) is 18.6 Å². The molecule has 9 heteroatoms. The van der Waals surface area contributed by atoms with E-state index in [1.165, 1.54) is 11.1 Å². The number of fused-ring (bicyclic) bond motifs is 1. The van der Waals surface area contributed by atoms with E-state index in [9.17, 15) is 4.79 Å². The Bertz CT molecular complexity index is 1650. The van der Waals surface area contributed by atoms with Crippen molar-refractivity contribution < 1.29 is 18.6 Å². The first-order valence-electron chi connectivity index (χ1n) is 11.8. The van der Waals surface area contributed by atoms with Crippen LogP contribution in [0.1, 0.15) is 22.6 Å². The zero-order chi connectivity index (χ0) is 26.3. The fourth-order valence-corrected chi connectivity index (χ4v) is 4.26. The predicted octanol–water partition coefficient (Wildman–Crippen LogP) is 4.82. The van der Waals surface area contributed by atoms with Gasteiger partial charge in [0, 0.05) is 23.5 Å². The molecule has 5 rings (SSSR count). The molecule has 0 N–H and O–H groups in total. The lowest BCUT2D eigenvalue weighted by atomic mass is 10.0. The van der Waals surface area contributed by atoms with E-state index in [2.05, 4.69) is 36.1 Å². The summed E-state index contributed by atoms with van der Waals surface area (Å²) in [4.78, 5) is 18.0.